The first-order chi connectivity index (χ1) is 14.4. The molecule has 3 N–H and O–H groups in total. The smallest absolute Gasteiger partial charge is 0.273 e. The third kappa shape index (κ3) is 4.23. The van der Waals surface area contributed by atoms with Crippen LogP contribution in [0.5, 0.6) is 0 Å². The average Bonchev–Trinajstić information content (AvgIpc) is 3.05. The molecule has 3 amide bonds. The molecule has 3 rings (SSSR count). The van der Waals surface area contributed by atoms with Gasteiger partial charge >= 0.3 is 0 Å². The Balaban J connectivity index is 2.00. The van der Waals surface area contributed by atoms with Gasteiger partial charge in [0, 0.05) is 32.2 Å². The van der Waals surface area contributed by atoms with E-state index in [1.165, 1.54) is 14.1 Å². The summed E-state index contributed by atoms with van der Waals surface area (Å²) in [6.45, 7) is 0. The van der Waals surface area contributed by atoms with E-state index in [0.29, 0.717) is 5.02 Å². The molecule has 1 aromatic carbocycles. The van der Waals surface area contributed by atoms with Crippen molar-refractivity contribution in [1.82, 2.24) is 21.0 Å². The number of amides is 3. The highest BCUT2D eigenvalue weighted by molar-refractivity contribution is 6.30. The van der Waals surface area contributed by atoms with Crippen LogP contribution < -0.4 is 21.1 Å². The fraction of sp³-hybridized carbons (Fsp3) is 0.476. The first kappa shape index (κ1) is 22.0. The van der Waals surface area contributed by atoms with E-state index in [0.717, 1.165) is 37.8 Å². The molecule has 0 aromatic heterocycles. The number of halogens is 1. The highest BCUT2D eigenvalue weighted by Gasteiger charge is 2.49. The molecule has 1 heterocycles. The van der Waals surface area contributed by atoms with Gasteiger partial charge < -0.3 is 15.5 Å². The summed E-state index contributed by atoms with van der Waals surface area (Å²) < 4.78 is 0. The number of hydrazine groups is 1. The largest absolute Gasteiger partial charge is 0.357 e. The van der Waals surface area contributed by atoms with Crippen LogP contribution in [0, 0.1) is 0 Å². The quantitative estimate of drug-likeness (QED) is 0.592. The van der Waals surface area contributed by atoms with Crippen molar-refractivity contribution in [3.05, 3.63) is 40.6 Å². The summed E-state index contributed by atoms with van der Waals surface area (Å²) in [6, 6.07) is 6.02. The molecular weight excluding hydrogens is 406 g/mol. The molecule has 2 aliphatic rings. The van der Waals surface area contributed by atoms with E-state index in [1.54, 1.807) is 41.2 Å². The first-order valence-corrected chi connectivity index (χ1v) is 10.5. The van der Waals surface area contributed by atoms with Crippen molar-refractivity contribution in [3.63, 3.8) is 0 Å². The Bertz CT molecular complexity index is 849. The lowest BCUT2D eigenvalue weighted by molar-refractivity contribution is -0.137. The SMILES string of the molecule is CNC(=O)C1=C(NN(C)c2ccc(Cl)cc2)C(=O)N(C2CCCCC2)C1C(=O)NC. The van der Waals surface area contributed by atoms with E-state index < -0.39 is 11.9 Å². The number of hydrogen-bond acceptors (Lipinski definition) is 5. The highest BCUT2D eigenvalue weighted by Crippen LogP contribution is 2.33. The number of nitrogens with zero attached hydrogens (tertiary/aromatic N) is 2. The van der Waals surface area contributed by atoms with Gasteiger partial charge in [-0.15, -0.1) is 0 Å². The maximum Gasteiger partial charge on any atom is 0.273 e. The van der Waals surface area contributed by atoms with Crippen LogP contribution in [-0.2, 0) is 14.4 Å². The van der Waals surface area contributed by atoms with Gasteiger partial charge in [-0.1, -0.05) is 30.9 Å². The van der Waals surface area contributed by atoms with Gasteiger partial charge in [-0.25, -0.2) is 0 Å². The zero-order chi connectivity index (χ0) is 21.8. The lowest BCUT2D eigenvalue weighted by atomic mass is 9.93. The van der Waals surface area contributed by atoms with Crippen LogP contribution in [0.2, 0.25) is 5.02 Å². The molecule has 1 unspecified atom stereocenters. The van der Waals surface area contributed by atoms with E-state index in [4.69, 9.17) is 11.6 Å². The number of benzene rings is 1. The van der Waals surface area contributed by atoms with Gasteiger partial charge in [0.2, 0.25) is 5.91 Å². The van der Waals surface area contributed by atoms with Crippen LogP contribution in [0.15, 0.2) is 35.5 Å². The molecule has 0 bridgehead atoms. The van der Waals surface area contributed by atoms with Gasteiger partial charge in [0.15, 0.2) is 0 Å². The average molecular weight is 434 g/mol. The van der Waals surface area contributed by atoms with Gasteiger partial charge in [0.1, 0.15) is 11.7 Å². The topological polar surface area (TPSA) is 93.8 Å². The van der Waals surface area contributed by atoms with Crippen molar-refractivity contribution in [3.8, 4) is 0 Å². The molecule has 1 aliphatic heterocycles. The van der Waals surface area contributed by atoms with Gasteiger partial charge in [-0.3, -0.25) is 24.8 Å². The molecule has 0 saturated heterocycles. The second kappa shape index (κ2) is 9.38. The van der Waals surface area contributed by atoms with E-state index in [2.05, 4.69) is 16.1 Å². The van der Waals surface area contributed by atoms with E-state index in [9.17, 15) is 14.4 Å². The summed E-state index contributed by atoms with van der Waals surface area (Å²) in [7, 11) is 4.74. The molecule has 0 spiro atoms. The molecule has 30 heavy (non-hydrogen) atoms. The van der Waals surface area contributed by atoms with Gasteiger partial charge in [-0.2, -0.15) is 0 Å². The Hall–Kier alpha value is -2.74. The number of rotatable bonds is 6. The number of anilines is 1. The lowest BCUT2D eigenvalue weighted by Gasteiger charge is -2.35. The minimum absolute atomic E-state index is 0.0756. The molecule has 1 aromatic rings. The molecule has 1 saturated carbocycles. The normalized spacial score (nSPS) is 19.7. The standard InChI is InChI=1S/C21H28ClN5O3/c1-23-19(28)16-17(25-26(3)14-11-9-13(22)10-12-14)21(30)27(18(16)20(29)24-2)15-7-5-4-6-8-15/h9-12,15,18,25H,4-8H2,1-3H3,(H,23,28)(H,24,29). The molecule has 0 radical (unpaired) electrons. The maximum atomic E-state index is 13.5. The third-order valence-corrected chi connectivity index (χ3v) is 5.95. The van der Waals surface area contributed by atoms with Crippen molar-refractivity contribution in [2.75, 3.05) is 26.2 Å². The van der Waals surface area contributed by atoms with Crippen LogP contribution >= 0.6 is 11.6 Å². The highest BCUT2D eigenvalue weighted by atomic mass is 35.5. The fourth-order valence-electron chi connectivity index (χ4n) is 4.14. The third-order valence-electron chi connectivity index (χ3n) is 5.70. The molecule has 8 nitrogen and oxygen atoms in total. The molecule has 162 valence electrons. The zero-order valence-corrected chi connectivity index (χ0v) is 18.3. The van der Waals surface area contributed by atoms with Gasteiger partial charge in [0.05, 0.1) is 11.3 Å². The van der Waals surface area contributed by atoms with Crippen LogP contribution in [0.3, 0.4) is 0 Å². The van der Waals surface area contributed by atoms with Crippen LogP contribution in [-0.4, -0.2) is 55.8 Å². The summed E-state index contributed by atoms with van der Waals surface area (Å²) >= 11 is 5.96. The van der Waals surface area contributed by atoms with Crippen molar-refractivity contribution >= 4 is 35.0 Å². The summed E-state index contributed by atoms with van der Waals surface area (Å²) in [5.74, 6) is -1.17. The zero-order valence-electron chi connectivity index (χ0n) is 17.5. The predicted octanol–water partition coefficient (Wildman–Crippen LogP) is 1.57. The first-order valence-electron chi connectivity index (χ1n) is 10.2. The molecule has 9 heteroatoms. The Kier molecular flexibility index (Phi) is 6.87. The monoisotopic (exact) mass is 433 g/mol. The summed E-state index contributed by atoms with van der Waals surface area (Å²) in [4.78, 5) is 40.7. The van der Waals surface area contributed by atoms with Crippen LogP contribution in [0.1, 0.15) is 32.1 Å². The lowest BCUT2D eigenvalue weighted by Crippen LogP contribution is -2.52. The minimum atomic E-state index is -0.966. The molecular formula is C21H28ClN5O3. The van der Waals surface area contributed by atoms with Crippen LogP contribution in [0.25, 0.3) is 0 Å². The summed E-state index contributed by atoms with van der Waals surface area (Å²) in [5.41, 5.74) is 4.05. The number of nitrogens with one attached hydrogen (secondary N) is 3. The van der Waals surface area contributed by atoms with E-state index in [1.807, 2.05) is 0 Å². The maximum absolute atomic E-state index is 13.5. The second-order valence-electron chi connectivity index (χ2n) is 7.54. The van der Waals surface area contributed by atoms with Crippen molar-refractivity contribution < 1.29 is 14.4 Å². The number of hydrogen-bond donors (Lipinski definition) is 3. The van der Waals surface area contributed by atoms with Crippen molar-refractivity contribution in [2.45, 2.75) is 44.2 Å². The predicted molar refractivity (Wildman–Crippen MR) is 116 cm³/mol. The summed E-state index contributed by atoms with van der Waals surface area (Å²) in [5, 5.41) is 7.42. The Morgan fingerprint density at radius 1 is 1.07 bits per heavy atom. The molecule has 1 fully saturated rings. The second-order valence-corrected chi connectivity index (χ2v) is 7.97. The number of carbonyl (C=O) groups excluding carboxylic acids is 3. The van der Waals surface area contributed by atoms with Gasteiger partial charge in [-0.05, 0) is 37.1 Å². The van der Waals surface area contributed by atoms with E-state index >= 15 is 0 Å². The Morgan fingerprint density at radius 3 is 2.27 bits per heavy atom. The van der Waals surface area contributed by atoms with E-state index in [-0.39, 0.29) is 29.1 Å². The Labute approximate surface area is 181 Å². The summed E-state index contributed by atoms with van der Waals surface area (Å²) in [6.07, 6.45) is 4.75. The van der Waals surface area contributed by atoms with Crippen LogP contribution in [0.4, 0.5) is 5.69 Å². The van der Waals surface area contributed by atoms with Crippen molar-refractivity contribution in [2.24, 2.45) is 0 Å². The van der Waals surface area contributed by atoms with Gasteiger partial charge in [0.25, 0.3) is 11.8 Å². The fourth-order valence-corrected chi connectivity index (χ4v) is 4.27. The molecule has 1 aliphatic carbocycles. The molecule has 1 atom stereocenters. The Morgan fingerprint density at radius 2 is 1.70 bits per heavy atom. The number of carbonyl (C=O) groups is 3. The van der Waals surface area contributed by atoms with Crippen molar-refractivity contribution in [1.29, 1.82) is 0 Å². The minimum Gasteiger partial charge on any atom is -0.357 e. The number of likely N-dealkylation sites (N-methyl/N-ethyl adjacent to an activating group) is 2.